The Morgan fingerprint density at radius 2 is 1.82 bits per heavy atom. The standard InChI is InChI=1S/C24H26F3N3O3/c1-16-23(32)30(20-7-3-4-8-21(20)33-16)14-11-22(31)28-18-15-17(24(25,26)27)9-10-19(18)29-12-5-2-6-13-29/h3-4,7-10,15-16H,2,5-6,11-14H2,1H3,(H,28,31). The lowest BCUT2D eigenvalue weighted by molar-refractivity contribution is -0.137. The van der Waals surface area contributed by atoms with Crippen LogP contribution in [0.3, 0.4) is 0 Å². The van der Waals surface area contributed by atoms with E-state index in [1.54, 1.807) is 31.2 Å². The van der Waals surface area contributed by atoms with Gasteiger partial charge in [0.25, 0.3) is 5.91 Å². The van der Waals surface area contributed by atoms with Crippen LogP contribution in [-0.4, -0.2) is 37.6 Å². The Balaban J connectivity index is 1.51. The minimum atomic E-state index is -4.51. The van der Waals surface area contributed by atoms with E-state index in [1.807, 2.05) is 4.90 Å². The maximum atomic E-state index is 13.3. The molecule has 0 aromatic heterocycles. The van der Waals surface area contributed by atoms with E-state index < -0.39 is 23.8 Å². The molecule has 2 heterocycles. The smallest absolute Gasteiger partial charge is 0.416 e. The third kappa shape index (κ3) is 5.07. The Morgan fingerprint density at radius 3 is 2.55 bits per heavy atom. The van der Waals surface area contributed by atoms with Crippen LogP contribution in [0.15, 0.2) is 42.5 Å². The highest BCUT2D eigenvalue weighted by Crippen LogP contribution is 2.37. The molecular formula is C24H26F3N3O3. The number of anilines is 3. The van der Waals surface area contributed by atoms with Gasteiger partial charge in [0.1, 0.15) is 5.75 Å². The summed E-state index contributed by atoms with van der Waals surface area (Å²) in [4.78, 5) is 28.9. The Hall–Kier alpha value is -3.23. The Labute approximate surface area is 190 Å². The Kier molecular flexibility index (Phi) is 6.49. The second-order valence-corrected chi connectivity index (χ2v) is 8.29. The molecule has 1 N–H and O–H groups in total. The van der Waals surface area contributed by atoms with Crippen LogP contribution in [0, 0.1) is 0 Å². The predicted molar refractivity (Wildman–Crippen MR) is 120 cm³/mol. The summed E-state index contributed by atoms with van der Waals surface area (Å²) in [6.45, 7) is 3.18. The number of alkyl halides is 3. The van der Waals surface area contributed by atoms with Gasteiger partial charge in [0, 0.05) is 26.1 Å². The number of rotatable bonds is 5. The van der Waals surface area contributed by atoms with E-state index in [0.29, 0.717) is 17.1 Å². The highest BCUT2D eigenvalue weighted by Gasteiger charge is 2.33. The molecule has 1 saturated heterocycles. The first-order chi connectivity index (χ1) is 15.7. The van der Waals surface area contributed by atoms with Crippen LogP contribution >= 0.6 is 0 Å². The molecule has 2 aromatic rings. The summed E-state index contributed by atoms with van der Waals surface area (Å²) < 4.78 is 45.5. The van der Waals surface area contributed by atoms with Crippen molar-refractivity contribution in [3.05, 3.63) is 48.0 Å². The number of benzene rings is 2. The topological polar surface area (TPSA) is 61.9 Å². The summed E-state index contributed by atoms with van der Waals surface area (Å²) in [5.74, 6) is -0.179. The number of hydrogen-bond donors (Lipinski definition) is 1. The Morgan fingerprint density at radius 1 is 1.09 bits per heavy atom. The SMILES string of the molecule is CC1Oc2ccccc2N(CCC(=O)Nc2cc(C(F)(F)F)ccc2N2CCCCC2)C1=O. The molecule has 1 fully saturated rings. The molecule has 0 bridgehead atoms. The molecule has 9 heteroatoms. The van der Waals surface area contributed by atoms with Gasteiger partial charge in [-0.2, -0.15) is 13.2 Å². The lowest BCUT2D eigenvalue weighted by atomic mass is 10.1. The number of hydrogen-bond acceptors (Lipinski definition) is 4. The van der Waals surface area contributed by atoms with Gasteiger partial charge >= 0.3 is 6.18 Å². The van der Waals surface area contributed by atoms with Gasteiger partial charge in [-0.15, -0.1) is 0 Å². The van der Waals surface area contributed by atoms with Crippen molar-refractivity contribution in [1.29, 1.82) is 0 Å². The lowest BCUT2D eigenvalue weighted by Gasteiger charge is -2.33. The molecule has 1 atom stereocenters. The van der Waals surface area contributed by atoms with Gasteiger partial charge in [0.2, 0.25) is 5.91 Å². The maximum absolute atomic E-state index is 13.3. The van der Waals surface area contributed by atoms with Crippen molar-refractivity contribution < 1.29 is 27.5 Å². The van der Waals surface area contributed by atoms with Gasteiger partial charge in [0.15, 0.2) is 6.10 Å². The van der Waals surface area contributed by atoms with Crippen LogP contribution in [0.25, 0.3) is 0 Å². The van der Waals surface area contributed by atoms with E-state index in [4.69, 9.17) is 4.74 Å². The van der Waals surface area contributed by atoms with E-state index >= 15 is 0 Å². The normalized spacial score (nSPS) is 18.5. The number of amides is 2. The molecule has 2 aliphatic rings. The van der Waals surface area contributed by atoms with Crippen molar-refractivity contribution in [3.63, 3.8) is 0 Å². The highest BCUT2D eigenvalue weighted by atomic mass is 19.4. The molecule has 2 aromatic carbocycles. The van der Waals surface area contributed by atoms with Crippen molar-refractivity contribution in [2.75, 3.05) is 34.8 Å². The maximum Gasteiger partial charge on any atom is 0.416 e. The van der Waals surface area contributed by atoms with Crippen LogP contribution in [0.2, 0.25) is 0 Å². The van der Waals surface area contributed by atoms with Crippen LogP contribution < -0.4 is 19.9 Å². The number of carbonyl (C=O) groups is 2. The number of ether oxygens (including phenoxy) is 1. The zero-order valence-electron chi connectivity index (χ0n) is 18.3. The number of halogens is 3. The van der Waals surface area contributed by atoms with E-state index in [2.05, 4.69) is 5.32 Å². The molecule has 0 spiro atoms. The summed E-state index contributed by atoms with van der Waals surface area (Å²) in [6, 6.07) is 10.5. The molecule has 2 amide bonds. The van der Waals surface area contributed by atoms with Crippen molar-refractivity contribution in [2.45, 2.75) is 44.9 Å². The first-order valence-corrected chi connectivity index (χ1v) is 11.1. The molecule has 4 rings (SSSR count). The number of nitrogens with one attached hydrogen (secondary N) is 1. The van der Waals surface area contributed by atoms with Crippen molar-refractivity contribution >= 4 is 28.9 Å². The third-order valence-electron chi connectivity index (χ3n) is 5.93. The van der Waals surface area contributed by atoms with Gasteiger partial charge in [0.05, 0.1) is 22.6 Å². The number of para-hydroxylation sites is 2. The first-order valence-electron chi connectivity index (χ1n) is 11.1. The molecule has 0 radical (unpaired) electrons. The summed E-state index contributed by atoms with van der Waals surface area (Å²) in [5, 5.41) is 2.66. The van der Waals surface area contributed by atoms with Crippen LogP contribution in [0.5, 0.6) is 5.75 Å². The van der Waals surface area contributed by atoms with E-state index in [-0.39, 0.29) is 24.6 Å². The molecule has 33 heavy (non-hydrogen) atoms. The number of carbonyl (C=O) groups excluding carboxylic acids is 2. The number of nitrogens with zero attached hydrogens (tertiary/aromatic N) is 2. The van der Waals surface area contributed by atoms with Gasteiger partial charge in [-0.25, -0.2) is 0 Å². The molecule has 1 unspecified atom stereocenters. The van der Waals surface area contributed by atoms with Crippen molar-refractivity contribution in [3.8, 4) is 5.75 Å². The summed E-state index contributed by atoms with van der Waals surface area (Å²) >= 11 is 0. The zero-order chi connectivity index (χ0) is 23.6. The van der Waals surface area contributed by atoms with Crippen molar-refractivity contribution in [1.82, 2.24) is 0 Å². The Bertz CT molecular complexity index is 1040. The minimum absolute atomic E-state index is 0.0670. The van der Waals surface area contributed by atoms with E-state index in [9.17, 15) is 22.8 Å². The number of piperidine rings is 1. The summed E-state index contributed by atoms with van der Waals surface area (Å²) in [7, 11) is 0. The predicted octanol–water partition coefficient (Wildman–Crippen LogP) is 4.84. The van der Waals surface area contributed by atoms with Gasteiger partial charge < -0.3 is 19.9 Å². The average molecular weight is 461 g/mol. The second kappa shape index (κ2) is 9.33. The minimum Gasteiger partial charge on any atom is -0.479 e. The van der Waals surface area contributed by atoms with Gasteiger partial charge in [-0.1, -0.05) is 12.1 Å². The fourth-order valence-corrected chi connectivity index (χ4v) is 4.24. The van der Waals surface area contributed by atoms with Crippen molar-refractivity contribution in [2.24, 2.45) is 0 Å². The molecule has 2 aliphatic heterocycles. The molecule has 6 nitrogen and oxygen atoms in total. The zero-order valence-corrected chi connectivity index (χ0v) is 18.3. The quantitative estimate of drug-likeness (QED) is 0.692. The van der Waals surface area contributed by atoms with E-state index in [1.165, 1.54) is 11.0 Å². The van der Waals surface area contributed by atoms with E-state index in [0.717, 1.165) is 44.5 Å². The fourth-order valence-electron chi connectivity index (χ4n) is 4.24. The second-order valence-electron chi connectivity index (χ2n) is 8.29. The number of fused-ring (bicyclic) bond motifs is 1. The molecule has 0 saturated carbocycles. The lowest BCUT2D eigenvalue weighted by Crippen LogP contribution is -2.45. The average Bonchev–Trinajstić information content (AvgIpc) is 2.79. The molecular weight excluding hydrogens is 435 g/mol. The summed E-state index contributed by atoms with van der Waals surface area (Å²) in [5.41, 5.74) is 0.474. The molecule has 0 aliphatic carbocycles. The largest absolute Gasteiger partial charge is 0.479 e. The molecule has 176 valence electrons. The van der Waals surface area contributed by atoms with Crippen LogP contribution in [0.4, 0.5) is 30.2 Å². The van der Waals surface area contributed by atoms with Gasteiger partial charge in [-0.05, 0) is 56.5 Å². The highest BCUT2D eigenvalue weighted by molar-refractivity contribution is 6.01. The third-order valence-corrected chi connectivity index (χ3v) is 5.93. The fraction of sp³-hybridized carbons (Fsp3) is 0.417. The monoisotopic (exact) mass is 461 g/mol. The first kappa shape index (κ1) is 22.9. The van der Waals surface area contributed by atoms with Crippen LogP contribution in [-0.2, 0) is 15.8 Å². The van der Waals surface area contributed by atoms with Crippen LogP contribution in [0.1, 0.15) is 38.2 Å². The van der Waals surface area contributed by atoms with Gasteiger partial charge in [-0.3, -0.25) is 9.59 Å². The summed E-state index contributed by atoms with van der Waals surface area (Å²) in [6.07, 6.45) is -2.29.